The molecular formula is C11H16N4O4. The quantitative estimate of drug-likeness (QED) is 0.461. The topological polar surface area (TPSA) is 112 Å². The van der Waals surface area contributed by atoms with E-state index >= 15 is 0 Å². The van der Waals surface area contributed by atoms with Gasteiger partial charge in [-0.05, 0) is 13.0 Å². The van der Waals surface area contributed by atoms with E-state index < -0.39 is 10.8 Å². The molecular weight excluding hydrogens is 252 g/mol. The van der Waals surface area contributed by atoms with Gasteiger partial charge in [0.2, 0.25) is 0 Å². The van der Waals surface area contributed by atoms with E-state index in [4.69, 9.17) is 10.5 Å². The lowest BCUT2D eigenvalue weighted by Crippen LogP contribution is -2.30. The van der Waals surface area contributed by atoms with Crippen molar-refractivity contribution < 1.29 is 14.5 Å². The van der Waals surface area contributed by atoms with E-state index in [9.17, 15) is 14.9 Å². The van der Waals surface area contributed by atoms with Gasteiger partial charge in [-0.2, -0.15) is 0 Å². The van der Waals surface area contributed by atoms with Gasteiger partial charge < -0.3 is 15.4 Å². The minimum atomic E-state index is -0.657. The van der Waals surface area contributed by atoms with Crippen LogP contribution in [0.1, 0.15) is 17.3 Å². The summed E-state index contributed by atoms with van der Waals surface area (Å²) in [5, 5.41) is 10.8. The van der Waals surface area contributed by atoms with Crippen LogP contribution in [0.25, 0.3) is 0 Å². The zero-order valence-electron chi connectivity index (χ0n) is 10.8. The van der Waals surface area contributed by atoms with E-state index in [1.807, 2.05) is 6.92 Å². The summed E-state index contributed by atoms with van der Waals surface area (Å²) in [6.45, 7) is 3.10. The summed E-state index contributed by atoms with van der Waals surface area (Å²) in [5.41, 5.74) is 5.03. The monoisotopic (exact) mass is 268 g/mol. The second kappa shape index (κ2) is 6.64. The molecule has 0 aliphatic carbocycles. The van der Waals surface area contributed by atoms with Gasteiger partial charge in [0.05, 0.1) is 11.5 Å². The first-order valence-corrected chi connectivity index (χ1v) is 5.70. The van der Waals surface area contributed by atoms with Crippen molar-refractivity contribution in [2.45, 2.75) is 6.92 Å². The third-order valence-corrected chi connectivity index (χ3v) is 2.45. The Balaban J connectivity index is 2.91. The maximum absolute atomic E-state index is 12.1. The normalized spacial score (nSPS) is 10.2. The fourth-order valence-electron chi connectivity index (χ4n) is 1.43. The van der Waals surface area contributed by atoms with Crippen LogP contribution in [0.3, 0.4) is 0 Å². The Morgan fingerprint density at radius 3 is 2.89 bits per heavy atom. The van der Waals surface area contributed by atoms with Crippen LogP contribution in [0.15, 0.2) is 12.3 Å². The van der Waals surface area contributed by atoms with Crippen molar-refractivity contribution >= 4 is 17.4 Å². The Labute approximate surface area is 110 Å². The highest BCUT2D eigenvalue weighted by molar-refractivity contribution is 5.98. The molecule has 1 aromatic heterocycles. The van der Waals surface area contributed by atoms with Gasteiger partial charge in [-0.25, -0.2) is 4.98 Å². The number of nitrogens with zero attached hydrogens (tertiary/aromatic N) is 3. The highest BCUT2D eigenvalue weighted by Gasteiger charge is 2.23. The zero-order chi connectivity index (χ0) is 14.4. The molecule has 0 fully saturated rings. The second-order valence-electron chi connectivity index (χ2n) is 3.81. The molecule has 0 spiro atoms. The molecule has 1 amide bonds. The minimum absolute atomic E-state index is 0.0622. The SMILES string of the molecule is CCOCCN(C)C(=O)c1cc(N)ncc1[N+](=O)[O-]. The van der Waals surface area contributed by atoms with Gasteiger partial charge in [-0.3, -0.25) is 14.9 Å². The molecule has 19 heavy (non-hydrogen) atoms. The molecule has 0 aliphatic heterocycles. The van der Waals surface area contributed by atoms with E-state index in [-0.39, 0.29) is 17.1 Å². The van der Waals surface area contributed by atoms with Crippen LogP contribution in [0, 0.1) is 10.1 Å². The summed E-state index contributed by atoms with van der Waals surface area (Å²) in [4.78, 5) is 27.3. The number of nitro groups is 1. The predicted molar refractivity (Wildman–Crippen MR) is 68.8 cm³/mol. The number of amides is 1. The van der Waals surface area contributed by atoms with E-state index in [2.05, 4.69) is 4.98 Å². The molecule has 0 unspecified atom stereocenters. The van der Waals surface area contributed by atoms with Gasteiger partial charge >= 0.3 is 0 Å². The zero-order valence-corrected chi connectivity index (χ0v) is 10.8. The van der Waals surface area contributed by atoms with Crippen LogP contribution in [0.4, 0.5) is 11.5 Å². The van der Waals surface area contributed by atoms with E-state index in [1.54, 1.807) is 7.05 Å². The maximum Gasteiger partial charge on any atom is 0.300 e. The lowest BCUT2D eigenvalue weighted by Gasteiger charge is -2.16. The lowest BCUT2D eigenvalue weighted by molar-refractivity contribution is -0.385. The highest BCUT2D eigenvalue weighted by Crippen LogP contribution is 2.20. The number of nitrogen functional groups attached to an aromatic ring is 1. The number of anilines is 1. The predicted octanol–water partition coefficient (Wildman–Crippen LogP) is 0.680. The number of likely N-dealkylation sites (N-methyl/N-ethyl adjacent to an activating group) is 1. The van der Waals surface area contributed by atoms with Crippen molar-refractivity contribution in [3.05, 3.63) is 27.9 Å². The Kier molecular flexibility index (Phi) is 5.19. The molecule has 8 heteroatoms. The largest absolute Gasteiger partial charge is 0.384 e. The van der Waals surface area contributed by atoms with E-state index in [0.717, 1.165) is 6.20 Å². The van der Waals surface area contributed by atoms with Crippen molar-refractivity contribution in [1.82, 2.24) is 9.88 Å². The van der Waals surface area contributed by atoms with E-state index in [0.29, 0.717) is 19.8 Å². The van der Waals surface area contributed by atoms with Gasteiger partial charge in [0, 0.05) is 20.2 Å². The van der Waals surface area contributed by atoms with Crippen LogP contribution >= 0.6 is 0 Å². The van der Waals surface area contributed by atoms with Gasteiger partial charge in [0.25, 0.3) is 11.6 Å². The highest BCUT2D eigenvalue weighted by atomic mass is 16.6. The molecule has 0 saturated heterocycles. The molecule has 0 aliphatic rings. The van der Waals surface area contributed by atoms with Crippen LogP contribution < -0.4 is 5.73 Å². The molecule has 104 valence electrons. The molecule has 2 N–H and O–H groups in total. The molecule has 1 heterocycles. The van der Waals surface area contributed by atoms with Crippen LogP contribution in [0.5, 0.6) is 0 Å². The van der Waals surface area contributed by atoms with Crippen molar-refractivity contribution in [3.63, 3.8) is 0 Å². The van der Waals surface area contributed by atoms with Crippen molar-refractivity contribution in [2.24, 2.45) is 0 Å². The number of rotatable bonds is 6. The fraction of sp³-hybridized carbons (Fsp3) is 0.455. The summed E-state index contributed by atoms with van der Waals surface area (Å²) in [6, 6.07) is 1.21. The average molecular weight is 268 g/mol. The smallest absolute Gasteiger partial charge is 0.300 e. The maximum atomic E-state index is 12.1. The Morgan fingerprint density at radius 2 is 2.32 bits per heavy atom. The first-order valence-electron chi connectivity index (χ1n) is 5.70. The van der Waals surface area contributed by atoms with Crippen LogP contribution in [-0.2, 0) is 4.74 Å². The minimum Gasteiger partial charge on any atom is -0.384 e. The number of pyridine rings is 1. The summed E-state index contributed by atoms with van der Waals surface area (Å²) < 4.78 is 5.13. The van der Waals surface area contributed by atoms with Gasteiger partial charge in [-0.15, -0.1) is 0 Å². The number of hydrogen-bond donors (Lipinski definition) is 1. The van der Waals surface area contributed by atoms with Crippen LogP contribution in [0.2, 0.25) is 0 Å². The summed E-state index contributed by atoms with van der Waals surface area (Å²) >= 11 is 0. The van der Waals surface area contributed by atoms with Gasteiger partial charge in [0.1, 0.15) is 17.6 Å². The lowest BCUT2D eigenvalue weighted by atomic mass is 10.2. The van der Waals surface area contributed by atoms with Gasteiger partial charge in [0.15, 0.2) is 0 Å². The molecule has 0 aromatic carbocycles. The number of ether oxygens (including phenoxy) is 1. The first-order chi connectivity index (χ1) is 8.97. The number of aromatic nitrogens is 1. The number of hydrogen-bond acceptors (Lipinski definition) is 6. The summed E-state index contributed by atoms with van der Waals surface area (Å²) in [6.07, 6.45) is 0.985. The van der Waals surface area contributed by atoms with Crippen molar-refractivity contribution in [2.75, 3.05) is 32.5 Å². The molecule has 0 saturated carbocycles. The van der Waals surface area contributed by atoms with Crippen molar-refractivity contribution in [3.8, 4) is 0 Å². The van der Waals surface area contributed by atoms with Gasteiger partial charge in [-0.1, -0.05) is 0 Å². The second-order valence-corrected chi connectivity index (χ2v) is 3.81. The summed E-state index contributed by atoms with van der Waals surface area (Å²) in [7, 11) is 1.54. The van der Waals surface area contributed by atoms with Crippen molar-refractivity contribution in [1.29, 1.82) is 0 Å². The molecule has 0 bridgehead atoms. The fourth-order valence-corrected chi connectivity index (χ4v) is 1.43. The molecule has 0 radical (unpaired) electrons. The molecule has 0 atom stereocenters. The molecule has 1 rings (SSSR count). The number of nitrogens with two attached hydrogens (primary N) is 1. The van der Waals surface area contributed by atoms with Crippen LogP contribution in [-0.4, -0.2) is 47.5 Å². The first kappa shape index (κ1) is 14.8. The average Bonchev–Trinajstić information content (AvgIpc) is 2.37. The Hall–Kier alpha value is -2.22. The summed E-state index contributed by atoms with van der Waals surface area (Å²) in [5.74, 6) is -0.423. The van der Waals surface area contributed by atoms with E-state index in [1.165, 1.54) is 11.0 Å². The standard InChI is InChI=1S/C11H16N4O4/c1-3-19-5-4-14(2)11(16)8-6-10(12)13-7-9(8)15(17)18/h6-7H,3-5H2,1-2H3,(H2,12,13). The molecule has 1 aromatic rings. The Morgan fingerprint density at radius 1 is 1.63 bits per heavy atom. The number of carbonyl (C=O) groups excluding carboxylic acids is 1. The Bertz CT molecular complexity index is 478. The third kappa shape index (κ3) is 3.88. The molecule has 8 nitrogen and oxygen atoms in total. The number of carbonyl (C=O) groups is 1. The third-order valence-electron chi connectivity index (χ3n) is 2.45.